The fourth-order valence-electron chi connectivity index (χ4n) is 2.01. The Balaban J connectivity index is 2.62. The fourth-order valence-corrected chi connectivity index (χ4v) is 3.14. The van der Waals surface area contributed by atoms with Gasteiger partial charge in [-0.1, -0.05) is 19.9 Å². The highest BCUT2D eigenvalue weighted by molar-refractivity contribution is 7.89. The van der Waals surface area contributed by atoms with Crippen molar-refractivity contribution in [1.29, 1.82) is 0 Å². The summed E-state index contributed by atoms with van der Waals surface area (Å²) in [6.45, 7) is 6.07. The molecule has 0 saturated heterocycles. The van der Waals surface area contributed by atoms with E-state index >= 15 is 0 Å². The fraction of sp³-hybridized carbons (Fsp3) is 0.600. The second-order valence-electron chi connectivity index (χ2n) is 4.85. The van der Waals surface area contributed by atoms with Crippen LogP contribution in [-0.2, 0) is 27.7 Å². The number of hydrogen-bond acceptors (Lipinski definition) is 4. The van der Waals surface area contributed by atoms with E-state index in [1.807, 2.05) is 19.9 Å². The van der Waals surface area contributed by atoms with Crippen molar-refractivity contribution in [3.8, 4) is 0 Å². The highest BCUT2D eigenvalue weighted by atomic mass is 32.2. The second kappa shape index (κ2) is 9.15. The Bertz CT molecular complexity index is 530. The normalized spacial score (nSPS) is 11.8. The number of aryl methyl sites for hydroxylation is 1. The largest absolute Gasteiger partial charge is 0.381 e. The average Bonchev–Trinajstić information content (AvgIpc) is 2.49. The van der Waals surface area contributed by atoms with Crippen LogP contribution in [0.25, 0.3) is 0 Å². The summed E-state index contributed by atoms with van der Waals surface area (Å²) in [6.07, 6.45) is 2.47. The molecular weight excluding hydrogens is 288 g/mol. The molecule has 0 spiro atoms. The van der Waals surface area contributed by atoms with Gasteiger partial charge in [0.2, 0.25) is 10.0 Å². The lowest BCUT2D eigenvalue weighted by molar-refractivity contribution is 0.133. The summed E-state index contributed by atoms with van der Waals surface area (Å²) in [5.41, 5.74) is 7.64. The van der Waals surface area contributed by atoms with Crippen molar-refractivity contribution >= 4 is 10.0 Å². The molecule has 0 bridgehead atoms. The topological polar surface area (TPSA) is 81.4 Å². The van der Waals surface area contributed by atoms with Crippen LogP contribution in [-0.4, -0.2) is 28.2 Å². The van der Waals surface area contributed by atoms with Gasteiger partial charge >= 0.3 is 0 Å². The van der Waals surface area contributed by atoms with E-state index in [0.717, 1.165) is 24.0 Å². The van der Waals surface area contributed by atoms with Crippen molar-refractivity contribution in [2.45, 2.75) is 44.6 Å². The first-order valence-corrected chi connectivity index (χ1v) is 8.92. The highest BCUT2D eigenvalue weighted by Crippen LogP contribution is 2.16. The van der Waals surface area contributed by atoms with Gasteiger partial charge in [-0.2, -0.15) is 0 Å². The molecule has 1 aromatic carbocycles. The number of rotatable bonds is 10. The number of hydrogen-bond donors (Lipinski definition) is 2. The number of nitrogens with one attached hydrogen (secondary N) is 1. The number of benzene rings is 1. The minimum atomic E-state index is -3.47. The van der Waals surface area contributed by atoms with E-state index in [4.69, 9.17) is 10.5 Å². The van der Waals surface area contributed by atoms with Gasteiger partial charge in [-0.3, -0.25) is 0 Å². The molecule has 0 amide bonds. The first kappa shape index (κ1) is 18.1. The quantitative estimate of drug-likeness (QED) is 0.645. The van der Waals surface area contributed by atoms with Crippen LogP contribution in [0.5, 0.6) is 0 Å². The Morgan fingerprint density at radius 3 is 2.57 bits per heavy atom. The SMILES string of the molecule is CCCOCCCNS(=O)(=O)c1ccc(CC)c(CN)c1. The van der Waals surface area contributed by atoms with Crippen LogP contribution < -0.4 is 10.5 Å². The van der Waals surface area contributed by atoms with Gasteiger partial charge in [-0.05, 0) is 42.5 Å². The summed E-state index contributed by atoms with van der Waals surface area (Å²) >= 11 is 0. The maximum absolute atomic E-state index is 12.2. The van der Waals surface area contributed by atoms with Gasteiger partial charge in [0, 0.05) is 26.3 Å². The van der Waals surface area contributed by atoms with E-state index in [-0.39, 0.29) is 4.90 Å². The first-order valence-electron chi connectivity index (χ1n) is 7.44. The molecule has 6 heteroatoms. The predicted octanol–water partition coefficient (Wildman–Crippen LogP) is 1.80. The molecule has 3 N–H and O–H groups in total. The van der Waals surface area contributed by atoms with E-state index in [2.05, 4.69) is 4.72 Å². The second-order valence-corrected chi connectivity index (χ2v) is 6.62. The molecular formula is C15H26N2O3S. The lowest BCUT2D eigenvalue weighted by Crippen LogP contribution is -2.26. The van der Waals surface area contributed by atoms with Gasteiger partial charge in [0.15, 0.2) is 0 Å². The van der Waals surface area contributed by atoms with Crippen molar-refractivity contribution in [3.05, 3.63) is 29.3 Å². The molecule has 0 atom stereocenters. The zero-order valence-electron chi connectivity index (χ0n) is 12.9. The molecule has 0 aromatic heterocycles. The molecule has 5 nitrogen and oxygen atoms in total. The predicted molar refractivity (Wildman–Crippen MR) is 84.6 cm³/mol. The highest BCUT2D eigenvalue weighted by Gasteiger charge is 2.14. The van der Waals surface area contributed by atoms with Crippen LogP contribution in [0.1, 0.15) is 37.8 Å². The summed E-state index contributed by atoms with van der Waals surface area (Å²) in [5, 5.41) is 0. The number of ether oxygens (including phenoxy) is 1. The molecule has 0 unspecified atom stereocenters. The number of nitrogens with two attached hydrogens (primary N) is 1. The Morgan fingerprint density at radius 1 is 1.19 bits per heavy atom. The molecule has 0 aliphatic carbocycles. The van der Waals surface area contributed by atoms with Crippen LogP contribution in [0.3, 0.4) is 0 Å². The first-order chi connectivity index (χ1) is 10.0. The van der Waals surface area contributed by atoms with Crippen molar-refractivity contribution in [3.63, 3.8) is 0 Å². The summed E-state index contributed by atoms with van der Waals surface area (Å²) in [7, 11) is -3.47. The van der Waals surface area contributed by atoms with Gasteiger partial charge in [0.05, 0.1) is 4.90 Å². The van der Waals surface area contributed by atoms with Crippen molar-refractivity contribution in [1.82, 2.24) is 4.72 Å². The molecule has 0 fully saturated rings. The van der Waals surface area contributed by atoms with Crippen molar-refractivity contribution in [2.75, 3.05) is 19.8 Å². The third-order valence-corrected chi connectivity index (χ3v) is 4.65. The third kappa shape index (κ3) is 5.74. The Morgan fingerprint density at radius 2 is 1.95 bits per heavy atom. The minimum Gasteiger partial charge on any atom is -0.381 e. The maximum Gasteiger partial charge on any atom is 0.240 e. The molecule has 0 saturated carbocycles. The van der Waals surface area contributed by atoms with Crippen LogP contribution in [0.2, 0.25) is 0 Å². The number of sulfonamides is 1. The van der Waals surface area contributed by atoms with Crippen molar-refractivity contribution in [2.24, 2.45) is 5.73 Å². The summed E-state index contributed by atoms with van der Waals surface area (Å²) in [4.78, 5) is 0.273. The van der Waals surface area contributed by atoms with Gasteiger partial charge in [0.1, 0.15) is 0 Å². The van der Waals surface area contributed by atoms with E-state index in [0.29, 0.717) is 32.7 Å². The van der Waals surface area contributed by atoms with Gasteiger partial charge in [-0.25, -0.2) is 13.1 Å². The van der Waals surface area contributed by atoms with Gasteiger partial charge < -0.3 is 10.5 Å². The molecule has 0 aliphatic heterocycles. The maximum atomic E-state index is 12.2. The molecule has 1 rings (SSSR count). The van der Waals surface area contributed by atoms with E-state index < -0.39 is 10.0 Å². The Kier molecular flexibility index (Phi) is 7.88. The Hall–Kier alpha value is -0.950. The Labute approximate surface area is 127 Å². The average molecular weight is 314 g/mol. The summed E-state index contributed by atoms with van der Waals surface area (Å²) in [5.74, 6) is 0. The van der Waals surface area contributed by atoms with E-state index in [9.17, 15) is 8.42 Å². The molecule has 21 heavy (non-hydrogen) atoms. The van der Waals surface area contributed by atoms with Crippen LogP contribution in [0.15, 0.2) is 23.1 Å². The lowest BCUT2D eigenvalue weighted by Gasteiger charge is -2.11. The molecule has 0 radical (unpaired) electrons. The van der Waals surface area contributed by atoms with E-state index in [1.165, 1.54) is 0 Å². The molecule has 1 aromatic rings. The molecule has 0 heterocycles. The zero-order chi connectivity index (χ0) is 15.7. The molecule has 0 aliphatic rings. The monoisotopic (exact) mass is 314 g/mol. The smallest absolute Gasteiger partial charge is 0.240 e. The minimum absolute atomic E-state index is 0.273. The van der Waals surface area contributed by atoms with Crippen LogP contribution in [0.4, 0.5) is 0 Å². The van der Waals surface area contributed by atoms with Crippen LogP contribution >= 0.6 is 0 Å². The van der Waals surface area contributed by atoms with E-state index in [1.54, 1.807) is 12.1 Å². The van der Waals surface area contributed by atoms with Crippen molar-refractivity contribution < 1.29 is 13.2 Å². The zero-order valence-corrected chi connectivity index (χ0v) is 13.7. The molecule has 120 valence electrons. The summed E-state index contributed by atoms with van der Waals surface area (Å²) in [6, 6.07) is 5.13. The summed E-state index contributed by atoms with van der Waals surface area (Å²) < 4.78 is 32.3. The van der Waals surface area contributed by atoms with Gasteiger partial charge in [-0.15, -0.1) is 0 Å². The standard InChI is InChI=1S/C15H26N2O3S/c1-3-9-20-10-5-8-17-21(18,19)15-7-6-13(4-2)14(11-15)12-16/h6-7,11,17H,3-5,8-10,12,16H2,1-2H3. The third-order valence-electron chi connectivity index (χ3n) is 3.19. The van der Waals surface area contributed by atoms with Crippen LogP contribution in [0, 0.1) is 0 Å². The lowest BCUT2D eigenvalue weighted by atomic mass is 10.1. The van der Waals surface area contributed by atoms with Gasteiger partial charge in [0.25, 0.3) is 0 Å².